The van der Waals surface area contributed by atoms with E-state index >= 15 is 0 Å². The van der Waals surface area contributed by atoms with Crippen LogP contribution in [-0.4, -0.2) is 56.1 Å². The standard InChI is InChI=1S/C29H35N3O3S/c1-32(2,3)18-19-11-23(12-19)20-9-10-24-25(13-20)36-26(31-24)17-30-28(34)29(16-27(33)35-4)14-21-7-5-6-8-22(21)15-29/h5-10,13,19,23H,11-12,14-18H2,1-4H3/p+1. The number of hydrogen-bond donors (Lipinski definition) is 1. The summed E-state index contributed by atoms with van der Waals surface area (Å²) in [4.78, 5) is 30.4. The molecule has 1 fully saturated rings. The van der Waals surface area contributed by atoms with Crippen LogP contribution in [0.4, 0.5) is 0 Å². The van der Waals surface area contributed by atoms with Crippen LogP contribution in [0.15, 0.2) is 42.5 Å². The Labute approximate surface area is 217 Å². The number of ether oxygens (including phenoxy) is 1. The van der Waals surface area contributed by atoms with Crippen LogP contribution in [0.1, 0.15) is 46.9 Å². The Morgan fingerprint density at radius 2 is 1.81 bits per heavy atom. The molecule has 1 heterocycles. The van der Waals surface area contributed by atoms with E-state index in [2.05, 4.69) is 44.7 Å². The number of fused-ring (bicyclic) bond motifs is 2. The Hall–Kier alpha value is -2.77. The summed E-state index contributed by atoms with van der Waals surface area (Å²) in [5.74, 6) is 0.974. The van der Waals surface area contributed by atoms with E-state index in [4.69, 9.17) is 9.72 Å². The normalized spacial score (nSPS) is 20.6. The lowest BCUT2D eigenvalue weighted by molar-refractivity contribution is -0.874. The Kier molecular flexibility index (Phi) is 6.64. The molecule has 1 saturated carbocycles. The van der Waals surface area contributed by atoms with Crippen molar-refractivity contribution in [2.24, 2.45) is 11.3 Å². The molecule has 0 atom stereocenters. The Morgan fingerprint density at radius 1 is 1.11 bits per heavy atom. The number of hydrogen-bond acceptors (Lipinski definition) is 5. The number of benzene rings is 2. The summed E-state index contributed by atoms with van der Waals surface area (Å²) in [6, 6.07) is 14.7. The molecule has 6 nitrogen and oxygen atoms in total. The van der Waals surface area contributed by atoms with Gasteiger partial charge in [-0.1, -0.05) is 30.3 Å². The highest BCUT2D eigenvalue weighted by Gasteiger charge is 2.45. The van der Waals surface area contributed by atoms with Gasteiger partial charge in [0.05, 0.1) is 63.4 Å². The summed E-state index contributed by atoms with van der Waals surface area (Å²) in [5, 5.41) is 3.98. The Balaban J connectivity index is 1.25. The molecule has 0 aliphatic heterocycles. The topological polar surface area (TPSA) is 68.3 Å². The van der Waals surface area contributed by atoms with E-state index in [0.717, 1.165) is 32.1 Å². The number of rotatable bonds is 8. The van der Waals surface area contributed by atoms with Crippen LogP contribution in [0.25, 0.3) is 10.2 Å². The molecule has 2 aliphatic rings. The zero-order valence-corrected chi connectivity index (χ0v) is 22.5. The zero-order chi connectivity index (χ0) is 25.5. The fourth-order valence-corrected chi connectivity index (χ4v) is 6.96. The molecule has 2 aromatic carbocycles. The predicted molar refractivity (Wildman–Crippen MR) is 143 cm³/mol. The van der Waals surface area contributed by atoms with Gasteiger partial charge in [0.1, 0.15) is 5.01 Å². The van der Waals surface area contributed by atoms with Crippen molar-refractivity contribution in [2.45, 2.75) is 44.6 Å². The van der Waals surface area contributed by atoms with Crippen molar-refractivity contribution in [1.29, 1.82) is 0 Å². The summed E-state index contributed by atoms with van der Waals surface area (Å²) >= 11 is 1.64. The van der Waals surface area contributed by atoms with Gasteiger partial charge in [-0.2, -0.15) is 0 Å². The Bertz CT molecular complexity index is 1260. The number of carbonyl (C=O) groups is 2. The second-order valence-corrected chi connectivity index (χ2v) is 12.8. The van der Waals surface area contributed by atoms with Crippen molar-refractivity contribution in [1.82, 2.24) is 10.3 Å². The lowest BCUT2D eigenvalue weighted by Gasteiger charge is -2.39. The average molecular weight is 507 g/mol. The lowest BCUT2D eigenvalue weighted by Crippen LogP contribution is -2.43. The van der Waals surface area contributed by atoms with E-state index in [1.165, 1.54) is 36.8 Å². The number of quaternary nitrogens is 1. The first kappa shape index (κ1) is 24.9. The van der Waals surface area contributed by atoms with Crippen LogP contribution in [-0.2, 0) is 33.7 Å². The van der Waals surface area contributed by atoms with Gasteiger partial charge in [-0.3, -0.25) is 9.59 Å². The molecule has 2 aliphatic carbocycles. The average Bonchev–Trinajstić information content (AvgIpc) is 3.39. The number of thiazole rings is 1. The monoisotopic (exact) mass is 506 g/mol. The molecule has 1 amide bonds. The Morgan fingerprint density at radius 3 is 2.44 bits per heavy atom. The smallest absolute Gasteiger partial charge is 0.306 e. The van der Waals surface area contributed by atoms with Crippen molar-refractivity contribution >= 4 is 33.4 Å². The van der Waals surface area contributed by atoms with Gasteiger partial charge in [-0.15, -0.1) is 11.3 Å². The predicted octanol–water partition coefficient (Wildman–Crippen LogP) is 4.46. The van der Waals surface area contributed by atoms with Gasteiger partial charge in [0, 0.05) is 5.92 Å². The van der Waals surface area contributed by atoms with E-state index in [0.29, 0.717) is 25.3 Å². The van der Waals surface area contributed by atoms with E-state index in [1.54, 1.807) is 11.3 Å². The minimum Gasteiger partial charge on any atom is -0.469 e. The number of nitrogens with one attached hydrogen (secondary N) is 1. The maximum atomic E-state index is 13.5. The summed E-state index contributed by atoms with van der Waals surface area (Å²) in [5.41, 5.74) is 3.83. The van der Waals surface area contributed by atoms with Crippen molar-refractivity contribution in [3.63, 3.8) is 0 Å². The van der Waals surface area contributed by atoms with Gasteiger partial charge >= 0.3 is 5.97 Å². The van der Waals surface area contributed by atoms with Gasteiger partial charge in [-0.25, -0.2) is 4.98 Å². The van der Waals surface area contributed by atoms with Crippen LogP contribution in [0.3, 0.4) is 0 Å². The van der Waals surface area contributed by atoms with Crippen LogP contribution in [0.2, 0.25) is 0 Å². The number of amides is 1. The SMILES string of the molecule is COC(=O)CC1(C(=O)NCc2nc3ccc(C4CC(C[N+](C)(C)C)C4)cc3s2)Cc2ccccc2C1. The molecule has 0 saturated heterocycles. The quantitative estimate of drug-likeness (QED) is 0.362. The second-order valence-electron chi connectivity index (χ2n) is 11.7. The van der Waals surface area contributed by atoms with E-state index in [-0.39, 0.29) is 18.3 Å². The van der Waals surface area contributed by atoms with Crippen molar-refractivity contribution in [3.05, 3.63) is 64.2 Å². The van der Waals surface area contributed by atoms with Crippen LogP contribution in [0.5, 0.6) is 0 Å². The fraction of sp³-hybridized carbons (Fsp3) is 0.483. The summed E-state index contributed by atoms with van der Waals surface area (Å²) in [7, 11) is 8.17. The highest BCUT2D eigenvalue weighted by Crippen LogP contribution is 2.43. The molecule has 0 unspecified atom stereocenters. The highest BCUT2D eigenvalue weighted by molar-refractivity contribution is 7.18. The molecule has 1 aromatic heterocycles. The van der Waals surface area contributed by atoms with E-state index in [1.807, 2.05) is 24.3 Å². The minimum absolute atomic E-state index is 0.0731. The van der Waals surface area contributed by atoms with Gasteiger partial charge in [-0.05, 0) is 60.4 Å². The third-order valence-electron chi connectivity index (χ3n) is 7.74. The molecular formula is C29H36N3O3S+. The van der Waals surface area contributed by atoms with Crippen molar-refractivity contribution in [2.75, 3.05) is 34.8 Å². The number of aromatic nitrogens is 1. The maximum absolute atomic E-state index is 13.5. The van der Waals surface area contributed by atoms with Gasteiger partial charge < -0.3 is 14.5 Å². The van der Waals surface area contributed by atoms with Crippen molar-refractivity contribution in [3.8, 4) is 0 Å². The summed E-state index contributed by atoms with van der Waals surface area (Å²) in [6.45, 7) is 1.59. The van der Waals surface area contributed by atoms with E-state index < -0.39 is 5.41 Å². The summed E-state index contributed by atoms with van der Waals surface area (Å²) in [6.07, 6.45) is 3.68. The van der Waals surface area contributed by atoms with Crippen LogP contribution >= 0.6 is 11.3 Å². The molecule has 0 radical (unpaired) electrons. The molecule has 190 valence electrons. The highest BCUT2D eigenvalue weighted by atomic mass is 32.1. The summed E-state index contributed by atoms with van der Waals surface area (Å²) < 4.78 is 7.13. The van der Waals surface area contributed by atoms with Crippen LogP contribution in [0, 0.1) is 11.3 Å². The van der Waals surface area contributed by atoms with Crippen molar-refractivity contribution < 1.29 is 18.8 Å². The van der Waals surface area contributed by atoms with Gasteiger partial charge in [0.25, 0.3) is 0 Å². The molecule has 5 rings (SSSR count). The molecule has 3 aromatic rings. The molecule has 1 N–H and O–H groups in total. The third kappa shape index (κ3) is 5.18. The largest absolute Gasteiger partial charge is 0.469 e. The first-order valence-electron chi connectivity index (χ1n) is 12.8. The second kappa shape index (κ2) is 9.60. The van der Waals surface area contributed by atoms with Crippen LogP contribution < -0.4 is 5.32 Å². The molecule has 0 spiro atoms. The first-order chi connectivity index (χ1) is 17.1. The maximum Gasteiger partial charge on any atom is 0.306 e. The number of methoxy groups -OCH3 is 1. The van der Waals surface area contributed by atoms with E-state index in [9.17, 15) is 9.59 Å². The molecule has 36 heavy (non-hydrogen) atoms. The van der Waals surface area contributed by atoms with Gasteiger partial charge in [0.15, 0.2) is 0 Å². The first-order valence-corrected chi connectivity index (χ1v) is 13.6. The molecular weight excluding hydrogens is 470 g/mol. The third-order valence-corrected chi connectivity index (χ3v) is 8.76. The fourth-order valence-electron chi connectivity index (χ4n) is 6.00. The minimum atomic E-state index is -0.812. The number of nitrogens with zero attached hydrogens (tertiary/aromatic N) is 2. The number of carbonyl (C=O) groups excluding carboxylic acids is 2. The molecule has 7 heteroatoms. The zero-order valence-electron chi connectivity index (χ0n) is 21.7. The lowest BCUT2D eigenvalue weighted by atomic mass is 9.71. The van der Waals surface area contributed by atoms with Gasteiger partial charge in [0.2, 0.25) is 5.91 Å². The molecule has 0 bridgehead atoms. The number of esters is 1.